The van der Waals surface area contributed by atoms with Crippen molar-refractivity contribution < 1.29 is 28.6 Å². The number of aliphatic hydroxyl groups excluding tert-OH is 1. The number of carbonyl (C=O) groups excluding carboxylic acids is 3. The highest BCUT2D eigenvalue weighted by Crippen LogP contribution is 2.29. The van der Waals surface area contributed by atoms with Gasteiger partial charge in [0, 0.05) is 13.0 Å². The molecule has 0 fully saturated rings. The van der Waals surface area contributed by atoms with Gasteiger partial charge in [-0.3, -0.25) is 14.4 Å². The molecule has 7 nitrogen and oxygen atoms in total. The zero-order chi connectivity index (χ0) is 19.6. The standard InChI is InChI=1S/C18H23FN2O5/c1-18(2,3)26-14(23)5-4-13(16(20)24)21-8-11-6-10(9-22)7-12(19)15(11)17(21)25/h6-7,13,22H,4-5,8-9H2,1-3H3,(H2,20,24)/t13-/m0/s1. The third-order valence-electron chi connectivity index (χ3n) is 3.98. The van der Waals surface area contributed by atoms with Crippen LogP contribution in [0.15, 0.2) is 12.1 Å². The summed E-state index contributed by atoms with van der Waals surface area (Å²) in [5.74, 6) is -2.71. The predicted octanol–water partition coefficient (Wildman–Crippen LogP) is 1.25. The van der Waals surface area contributed by atoms with E-state index in [9.17, 15) is 18.8 Å². The Morgan fingerprint density at radius 1 is 1.38 bits per heavy atom. The van der Waals surface area contributed by atoms with Gasteiger partial charge >= 0.3 is 5.97 Å². The van der Waals surface area contributed by atoms with Crippen molar-refractivity contribution in [1.29, 1.82) is 0 Å². The van der Waals surface area contributed by atoms with Crippen molar-refractivity contribution in [2.75, 3.05) is 0 Å². The zero-order valence-electron chi connectivity index (χ0n) is 15.0. The summed E-state index contributed by atoms with van der Waals surface area (Å²) in [4.78, 5) is 37.4. The van der Waals surface area contributed by atoms with Gasteiger partial charge in [-0.25, -0.2) is 4.39 Å². The molecule has 1 aromatic carbocycles. The van der Waals surface area contributed by atoms with E-state index in [4.69, 9.17) is 15.6 Å². The molecule has 142 valence electrons. The molecule has 0 bridgehead atoms. The van der Waals surface area contributed by atoms with Crippen molar-refractivity contribution in [3.63, 3.8) is 0 Å². The number of hydrogen-bond acceptors (Lipinski definition) is 5. The number of nitrogens with zero attached hydrogens (tertiary/aromatic N) is 1. The molecule has 1 aliphatic rings. The van der Waals surface area contributed by atoms with Crippen molar-refractivity contribution in [2.45, 2.75) is 58.4 Å². The van der Waals surface area contributed by atoms with Crippen LogP contribution in [0.5, 0.6) is 0 Å². The molecule has 0 aromatic heterocycles. The lowest BCUT2D eigenvalue weighted by molar-refractivity contribution is -0.155. The Kier molecular flexibility index (Phi) is 5.65. The largest absolute Gasteiger partial charge is 0.460 e. The lowest BCUT2D eigenvalue weighted by atomic mass is 10.1. The second-order valence-electron chi connectivity index (χ2n) is 7.25. The van der Waals surface area contributed by atoms with E-state index in [0.29, 0.717) is 11.1 Å². The van der Waals surface area contributed by atoms with E-state index in [1.54, 1.807) is 20.8 Å². The highest BCUT2D eigenvalue weighted by molar-refractivity contribution is 6.01. The molecule has 1 atom stereocenters. The first-order valence-corrected chi connectivity index (χ1v) is 8.27. The molecule has 0 aliphatic carbocycles. The third kappa shape index (κ3) is 4.37. The molecular weight excluding hydrogens is 343 g/mol. The number of amides is 2. The zero-order valence-corrected chi connectivity index (χ0v) is 15.0. The summed E-state index contributed by atoms with van der Waals surface area (Å²) < 4.78 is 19.4. The number of primary amides is 1. The summed E-state index contributed by atoms with van der Waals surface area (Å²) >= 11 is 0. The molecule has 8 heteroatoms. The molecule has 2 amide bonds. The van der Waals surface area contributed by atoms with Gasteiger partial charge in [-0.1, -0.05) is 6.07 Å². The van der Waals surface area contributed by atoms with Gasteiger partial charge in [-0.2, -0.15) is 0 Å². The summed E-state index contributed by atoms with van der Waals surface area (Å²) in [5, 5.41) is 9.17. The van der Waals surface area contributed by atoms with Crippen molar-refractivity contribution >= 4 is 17.8 Å². The van der Waals surface area contributed by atoms with Crippen LogP contribution in [0.2, 0.25) is 0 Å². The second kappa shape index (κ2) is 7.41. The molecule has 1 aromatic rings. The lowest BCUT2D eigenvalue weighted by Crippen LogP contribution is -2.45. The smallest absolute Gasteiger partial charge is 0.306 e. The predicted molar refractivity (Wildman–Crippen MR) is 90.3 cm³/mol. The molecule has 1 aliphatic heterocycles. The molecule has 2 rings (SSSR count). The molecule has 0 saturated carbocycles. The number of halogens is 1. The molecular formula is C18H23FN2O5. The minimum Gasteiger partial charge on any atom is -0.460 e. The first kappa shape index (κ1) is 19.8. The summed E-state index contributed by atoms with van der Waals surface area (Å²) in [6.07, 6.45) is -0.117. The van der Waals surface area contributed by atoms with E-state index in [-0.39, 0.29) is 31.6 Å². The van der Waals surface area contributed by atoms with Crippen LogP contribution in [-0.4, -0.2) is 39.4 Å². The van der Waals surface area contributed by atoms with E-state index in [1.807, 2.05) is 0 Å². The fraction of sp³-hybridized carbons (Fsp3) is 0.500. The normalized spacial score (nSPS) is 15.0. The number of fused-ring (bicyclic) bond motifs is 1. The number of benzene rings is 1. The van der Waals surface area contributed by atoms with Crippen LogP contribution in [-0.2, 0) is 27.5 Å². The molecule has 0 unspecified atom stereocenters. The van der Waals surface area contributed by atoms with Crippen LogP contribution in [0, 0.1) is 5.82 Å². The number of ether oxygens (including phenoxy) is 1. The Hall–Kier alpha value is -2.48. The monoisotopic (exact) mass is 366 g/mol. The van der Waals surface area contributed by atoms with Gasteiger partial charge < -0.3 is 20.5 Å². The topological polar surface area (TPSA) is 110 Å². The van der Waals surface area contributed by atoms with Crippen LogP contribution in [0.1, 0.15) is 55.1 Å². The van der Waals surface area contributed by atoms with E-state index < -0.39 is 35.2 Å². The lowest BCUT2D eigenvalue weighted by Gasteiger charge is -2.25. The maximum Gasteiger partial charge on any atom is 0.306 e. The summed E-state index contributed by atoms with van der Waals surface area (Å²) in [6.45, 7) is 4.78. The number of nitrogens with two attached hydrogens (primary N) is 1. The van der Waals surface area contributed by atoms with Crippen molar-refractivity contribution in [3.05, 3.63) is 34.6 Å². The fourth-order valence-corrected chi connectivity index (χ4v) is 2.93. The van der Waals surface area contributed by atoms with Crippen LogP contribution < -0.4 is 5.73 Å². The first-order valence-electron chi connectivity index (χ1n) is 8.27. The average Bonchev–Trinajstić information content (AvgIpc) is 2.82. The van der Waals surface area contributed by atoms with Crippen molar-refractivity contribution in [1.82, 2.24) is 4.90 Å². The maximum absolute atomic E-state index is 14.2. The SMILES string of the molecule is CC(C)(C)OC(=O)CC[C@@H](C(N)=O)N1Cc2cc(CO)cc(F)c2C1=O. The summed E-state index contributed by atoms with van der Waals surface area (Å²) in [6, 6.07) is 1.54. The quantitative estimate of drug-likeness (QED) is 0.736. The molecule has 3 N–H and O–H groups in total. The van der Waals surface area contributed by atoms with E-state index >= 15 is 0 Å². The number of rotatable bonds is 6. The van der Waals surface area contributed by atoms with Crippen LogP contribution >= 0.6 is 0 Å². The Morgan fingerprint density at radius 3 is 2.58 bits per heavy atom. The Morgan fingerprint density at radius 2 is 2.04 bits per heavy atom. The van der Waals surface area contributed by atoms with Crippen molar-refractivity contribution in [2.24, 2.45) is 5.73 Å². The maximum atomic E-state index is 14.2. The highest BCUT2D eigenvalue weighted by Gasteiger charge is 2.38. The molecule has 0 radical (unpaired) electrons. The number of hydrogen-bond donors (Lipinski definition) is 2. The molecule has 0 spiro atoms. The second-order valence-corrected chi connectivity index (χ2v) is 7.25. The highest BCUT2D eigenvalue weighted by atomic mass is 19.1. The van der Waals surface area contributed by atoms with Gasteiger partial charge in [0.15, 0.2) is 0 Å². The molecule has 0 saturated heterocycles. The van der Waals surface area contributed by atoms with E-state index in [1.165, 1.54) is 6.07 Å². The summed E-state index contributed by atoms with van der Waals surface area (Å²) in [7, 11) is 0. The number of aliphatic hydroxyl groups is 1. The minimum atomic E-state index is -1.06. The van der Waals surface area contributed by atoms with Gasteiger partial charge in [0.25, 0.3) is 5.91 Å². The fourth-order valence-electron chi connectivity index (χ4n) is 2.93. The van der Waals surface area contributed by atoms with Gasteiger partial charge in [0.05, 0.1) is 12.2 Å². The third-order valence-corrected chi connectivity index (χ3v) is 3.98. The average molecular weight is 366 g/mol. The Labute approximate surface area is 150 Å². The van der Waals surface area contributed by atoms with E-state index in [2.05, 4.69) is 0 Å². The van der Waals surface area contributed by atoms with Crippen LogP contribution in [0.25, 0.3) is 0 Å². The van der Waals surface area contributed by atoms with Gasteiger partial charge in [-0.15, -0.1) is 0 Å². The summed E-state index contributed by atoms with van der Waals surface area (Å²) in [5.41, 5.74) is 5.32. The number of carbonyl (C=O) groups is 3. The first-order chi connectivity index (χ1) is 12.0. The molecule has 1 heterocycles. The Balaban J connectivity index is 2.16. The Bertz CT molecular complexity index is 742. The van der Waals surface area contributed by atoms with Crippen LogP contribution in [0.4, 0.5) is 4.39 Å². The van der Waals surface area contributed by atoms with Gasteiger partial charge in [0.1, 0.15) is 17.5 Å². The van der Waals surface area contributed by atoms with Gasteiger partial charge in [-0.05, 0) is 44.4 Å². The van der Waals surface area contributed by atoms with Crippen molar-refractivity contribution in [3.8, 4) is 0 Å². The van der Waals surface area contributed by atoms with Crippen LogP contribution in [0.3, 0.4) is 0 Å². The van der Waals surface area contributed by atoms with E-state index in [0.717, 1.165) is 11.0 Å². The number of esters is 1. The minimum absolute atomic E-state index is 0.0130. The molecule has 26 heavy (non-hydrogen) atoms. The van der Waals surface area contributed by atoms with Gasteiger partial charge in [0.2, 0.25) is 5.91 Å².